The first-order valence-corrected chi connectivity index (χ1v) is 14.4. The van der Waals surface area contributed by atoms with Gasteiger partial charge in [0.2, 0.25) is 5.95 Å². The van der Waals surface area contributed by atoms with Crippen molar-refractivity contribution in [3.8, 4) is 17.3 Å². The van der Waals surface area contributed by atoms with E-state index in [1.54, 1.807) is 36.3 Å². The highest BCUT2D eigenvalue weighted by molar-refractivity contribution is 5.94. The van der Waals surface area contributed by atoms with Crippen LogP contribution in [0.3, 0.4) is 0 Å². The number of methoxy groups -OCH3 is 1. The first-order valence-electron chi connectivity index (χ1n) is 14.4. The summed E-state index contributed by atoms with van der Waals surface area (Å²) in [5, 5.41) is 16.0. The lowest BCUT2D eigenvalue weighted by Gasteiger charge is -2.32. The summed E-state index contributed by atoms with van der Waals surface area (Å²) in [7, 11) is 3.77. The number of aromatic nitrogens is 3. The molecule has 1 aliphatic heterocycles. The lowest BCUT2D eigenvalue weighted by Crippen LogP contribution is -2.45. The summed E-state index contributed by atoms with van der Waals surface area (Å²) in [5.41, 5.74) is 2.89. The van der Waals surface area contributed by atoms with Gasteiger partial charge in [-0.25, -0.2) is 4.98 Å². The van der Waals surface area contributed by atoms with Crippen molar-refractivity contribution < 1.29 is 19.4 Å². The number of aliphatic hydroxyl groups is 1. The van der Waals surface area contributed by atoms with Gasteiger partial charge < -0.3 is 34.7 Å². The van der Waals surface area contributed by atoms with E-state index in [0.717, 1.165) is 49.5 Å². The third-order valence-corrected chi connectivity index (χ3v) is 7.52. The number of nitrogens with one attached hydrogen (secondary N) is 2. The van der Waals surface area contributed by atoms with Gasteiger partial charge in [-0.1, -0.05) is 30.3 Å². The summed E-state index contributed by atoms with van der Waals surface area (Å²) >= 11 is 0. The number of ether oxygens (including phenoxy) is 2. The molecule has 1 amide bonds. The summed E-state index contributed by atoms with van der Waals surface area (Å²) in [6.07, 6.45) is 5.23. The molecule has 1 saturated heterocycles. The summed E-state index contributed by atoms with van der Waals surface area (Å²) in [4.78, 5) is 26.9. The van der Waals surface area contributed by atoms with Crippen molar-refractivity contribution in [2.45, 2.75) is 13.0 Å². The van der Waals surface area contributed by atoms with Crippen LogP contribution in [0.4, 0.5) is 11.6 Å². The van der Waals surface area contributed by atoms with Gasteiger partial charge in [-0.15, -0.1) is 0 Å². The SMILES string of the molecule is COc1ccc(Nc2ncc(C)c(-n3ccc(C(=O)NC(CO)c4ccccc4)c3)n2)cc1OCCN1CCN(C)CC1. The standard InChI is InChI=1S/C32H39N7O4/c1-23-20-33-32(34-26-9-10-28(42-3)29(19-26)43-18-17-38-15-13-37(2)14-16-38)36-30(23)39-12-11-25(21-39)31(41)35-27(22-40)24-7-5-4-6-8-24/h4-12,19-21,27,40H,13-18,22H2,1-3H3,(H,35,41)(H,33,34,36). The Morgan fingerprint density at radius 1 is 1.07 bits per heavy atom. The zero-order chi connectivity index (χ0) is 30.2. The smallest absolute Gasteiger partial charge is 0.253 e. The van der Waals surface area contributed by atoms with E-state index in [0.29, 0.717) is 35.4 Å². The molecule has 11 heteroatoms. The van der Waals surface area contributed by atoms with Gasteiger partial charge in [-0.2, -0.15) is 4.98 Å². The van der Waals surface area contributed by atoms with Crippen molar-refractivity contribution in [2.75, 3.05) is 65.4 Å². The van der Waals surface area contributed by atoms with Crippen molar-refractivity contribution in [3.63, 3.8) is 0 Å². The van der Waals surface area contributed by atoms with E-state index < -0.39 is 6.04 Å². The Bertz CT molecular complexity index is 1500. The second kappa shape index (κ2) is 14.1. The molecule has 0 bridgehead atoms. The quantitative estimate of drug-likeness (QED) is 0.230. The Balaban J connectivity index is 1.25. The molecule has 2 aromatic heterocycles. The molecule has 1 unspecified atom stereocenters. The Kier molecular flexibility index (Phi) is 9.88. The number of aliphatic hydroxyl groups excluding tert-OH is 1. The predicted molar refractivity (Wildman–Crippen MR) is 166 cm³/mol. The summed E-state index contributed by atoms with van der Waals surface area (Å²) in [6, 6.07) is 16.2. The van der Waals surface area contributed by atoms with E-state index in [1.807, 2.05) is 55.5 Å². The van der Waals surface area contributed by atoms with E-state index >= 15 is 0 Å². The number of piperazine rings is 1. The Morgan fingerprint density at radius 2 is 1.86 bits per heavy atom. The minimum absolute atomic E-state index is 0.203. The second-order valence-electron chi connectivity index (χ2n) is 10.6. The number of nitrogens with zero attached hydrogens (tertiary/aromatic N) is 5. The van der Waals surface area contributed by atoms with Crippen LogP contribution >= 0.6 is 0 Å². The Morgan fingerprint density at radius 3 is 2.60 bits per heavy atom. The minimum Gasteiger partial charge on any atom is -0.493 e. The molecular formula is C32H39N7O4. The highest BCUT2D eigenvalue weighted by Gasteiger charge is 2.17. The maximum Gasteiger partial charge on any atom is 0.253 e. The van der Waals surface area contributed by atoms with Crippen LogP contribution in [-0.2, 0) is 0 Å². The molecule has 0 spiro atoms. The molecule has 0 aliphatic carbocycles. The topological polar surface area (TPSA) is 117 Å². The van der Waals surface area contributed by atoms with Gasteiger partial charge >= 0.3 is 0 Å². The fraction of sp³-hybridized carbons (Fsp3) is 0.344. The maximum atomic E-state index is 13.0. The van der Waals surface area contributed by atoms with Crippen molar-refractivity contribution >= 4 is 17.5 Å². The van der Waals surface area contributed by atoms with Crippen LogP contribution in [-0.4, -0.2) is 95.4 Å². The zero-order valence-corrected chi connectivity index (χ0v) is 24.9. The van der Waals surface area contributed by atoms with Crippen molar-refractivity contribution in [3.05, 3.63) is 89.9 Å². The highest BCUT2D eigenvalue weighted by Crippen LogP contribution is 2.31. The molecule has 1 aliphatic rings. The zero-order valence-electron chi connectivity index (χ0n) is 24.9. The van der Waals surface area contributed by atoms with E-state index in [4.69, 9.17) is 14.5 Å². The molecule has 3 N–H and O–H groups in total. The molecule has 0 radical (unpaired) electrons. The fourth-order valence-electron chi connectivity index (χ4n) is 4.93. The van der Waals surface area contributed by atoms with Crippen molar-refractivity contribution in [2.24, 2.45) is 0 Å². The molecule has 1 atom stereocenters. The fourth-order valence-corrected chi connectivity index (χ4v) is 4.93. The van der Waals surface area contributed by atoms with E-state index in [2.05, 4.69) is 32.5 Å². The molecule has 226 valence electrons. The average molecular weight is 586 g/mol. The third-order valence-electron chi connectivity index (χ3n) is 7.52. The van der Waals surface area contributed by atoms with Crippen LogP contribution in [0.15, 0.2) is 73.2 Å². The normalized spacial score (nSPS) is 14.7. The molecule has 4 aromatic rings. The van der Waals surface area contributed by atoms with Gasteiger partial charge in [0.05, 0.1) is 25.3 Å². The minimum atomic E-state index is -0.501. The van der Waals surface area contributed by atoms with Gasteiger partial charge in [-0.05, 0) is 37.7 Å². The predicted octanol–water partition coefficient (Wildman–Crippen LogP) is 3.42. The van der Waals surface area contributed by atoms with Gasteiger partial charge in [-0.3, -0.25) is 9.69 Å². The van der Waals surface area contributed by atoms with Crippen molar-refractivity contribution in [1.82, 2.24) is 29.7 Å². The third kappa shape index (κ3) is 7.69. The molecule has 11 nitrogen and oxygen atoms in total. The number of anilines is 2. The number of benzene rings is 2. The molecule has 43 heavy (non-hydrogen) atoms. The summed E-state index contributed by atoms with van der Waals surface area (Å²) in [5.74, 6) is 2.05. The van der Waals surface area contributed by atoms with Gasteiger partial charge in [0.25, 0.3) is 5.91 Å². The number of hydrogen-bond donors (Lipinski definition) is 3. The molecule has 3 heterocycles. The van der Waals surface area contributed by atoms with Crippen LogP contribution in [0.2, 0.25) is 0 Å². The van der Waals surface area contributed by atoms with Gasteiger partial charge in [0, 0.05) is 68.6 Å². The van der Waals surface area contributed by atoms with Crippen molar-refractivity contribution in [1.29, 1.82) is 0 Å². The number of carbonyl (C=O) groups excluding carboxylic acids is 1. The number of hydrogen-bond acceptors (Lipinski definition) is 9. The van der Waals surface area contributed by atoms with E-state index in [-0.39, 0.29) is 12.5 Å². The summed E-state index contributed by atoms with van der Waals surface area (Å²) in [6.45, 7) is 7.33. The monoisotopic (exact) mass is 585 g/mol. The Labute approximate surface area is 252 Å². The first kappa shape index (κ1) is 30.0. The number of aryl methyl sites for hydroxylation is 1. The molecular weight excluding hydrogens is 546 g/mol. The van der Waals surface area contributed by atoms with Crippen LogP contribution in [0.5, 0.6) is 11.5 Å². The molecule has 1 fully saturated rings. The van der Waals surface area contributed by atoms with Crippen LogP contribution < -0.4 is 20.1 Å². The van der Waals surface area contributed by atoms with Crippen LogP contribution in [0, 0.1) is 6.92 Å². The number of likely N-dealkylation sites (N-methyl/N-ethyl adjacent to an activating group) is 1. The molecule has 0 saturated carbocycles. The van der Waals surface area contributed by atoms with Gasteiger partial charge in [0.15, 0.2) is 11.5 Å². The highest BCUT2D eigenvalue weighted by atomic mass is 16.5. The molecule has 5 rings (SSSR count). The average Bonchev–Trinajstić information content (AvgIpc) is 3.53. The Hall–Kier alpha value is -4.45. The number of amides is 1. The van der Waals surface area contributed by atoms with E-state index in [9.17, 15) is 9.90 Å². The largest absolute Gasteiger partial charge is 0.493 e. The summed E-state index contributed by atoms with van der Waals surface area (Å²) < 4.78 is 13.4. The maximum absolute atomic E-state index is 13.0. The molecule has 2 aromatic carbocycles. The lowest BCUT2D eigenvalue weighted by atomic mass is 10.1. The number of carbonyl (C=O) groups is 1. The number of rotatable bonds is 12. The van der Waals surface area contributed by atoms with Crippen LogP contribution in [0.1, 0.15) is 27.5 Å². The van der Waals surface area contributed by atoms with Gasteiger partial charge in [0.1, 0.15) is 12.4 Å². The first-order chi connectivity index (χ1) is 20.9. The lowest BCUT2D eigenvalue weighted by molar-refractivity contribution is 0.0916. The van der Waals surface area contributed by atoms with Crippen LogP contribution in [0.25, 0.3) is 5.82 Å². The second-order valence-corrected chi connectivity index (χ2v) is 10.6. The van der Waals surface area contributed by atoms with E-state index in [1.165, 1.54) is 0 Å².